The van der Waals surface area contributed by atoms with Crippen LogP contribution in [-0.4, -0.2) is 21.0 Å². The largest absolute Gasteiger partial charge is 0.463 e. The minimum Gasteiger partial charge on any atom is -0.463 e. The molecule has 0 radical (unpaired) electrons. The molecule has 126 valence electrons. The second-order valence-electron chi connectivity index (χ2n) is 5.06. The zero-order valence-corrected chi connectivity index (χ0v) is 14.1. The summed E-state index contributed by atoms with van der Waals surface area (Å²) in [5.41, 5.74) is 1.85. The predicted molar refractivity (Wildman–Crippen MR) is 94.8 cm³/mol. The van der Waals surface area contributed by atoms with Gasteiger partial charge in [-0.2, -0.15) is 0 Å². The highest BCUT2D eigenvalue weighted by molar-refractivity contribution is 7.91. The molecule has 24 heavy (non-hydrogen) atoms. The molecule has 2 aromatic carbocycles. The average Bonchev–Trinajstić information content (AvgIpc) is 2.53. The summed E-state index contributed by atoms with van der Waals surface area (Å²) in [5.74, 6) is -0.538. The van der Waals surface area contributed by atoms with Crippen molar-refractivity contribution < 1.29 is 17.9 Å². The molecule has 0 atom stereocenters. The van der Waals surface area contributed by atoms with E-state index in [1.807, 2.05) is 6.07 Å². The summed E-state index contributed by atoms with van der Waals surface area (Å²) >= 11 is 0. The fourth-order valence-electron chi connectivity index (χ4n) is 2.07. The number of carbonyl (C=O) groups excluding carboxylic acids is 1. The van der Waals surface area contributed by atoms with Crippen molar-refractivity contribution in [3.63, 3.8) is 0 Å². The number of nitrogens with one attached hydrogen (secondary N) is 1. The van der Waals surface area contributed by atoms with Crippen LogP contribution in [0.2, 0.25) is 0 Å². The van der Waals surface area contributed by atoms with E-state index < -0.39 is 16.0 Å². The number of sulfonamides is 1. The summed E-state index contributed by atoms with van der Waals surface area (Å²) in [6.07, 6.45) is 2.88. The van der Waals surface area contributed by atoms with Gasteiger partial charge in [0.05, 0.1) is 12.4 Å². The maximum atomic E-state index is 12.2. The van der Waals surface area contributed by atoms with Crippen molar-refractivity contribution in [2.24, 2.45) is 0 Å². The molecule has 2 aromatic rings. The van der Waals surface area contributed by atoms with Crippen molar-refractivity contribution in [2.75, 3.05) is 11.3 Å². The molecule has 5 nitrogen and oxygen atoms in total. The van der Waals surface area contributed by atoms with Gasteiger partial charge in [-0.3, -0.25) is 4.72 Å². The van der Waals surface area contributed by atoms with Gasteiger partial charge in [-0.15, -0.1) is 0 Å². The Bertz CT molecular complexity index is 814. The second kappa shape index (κ2) is 8.31. The van der Waals surface area contributed by atoms with E-state index in [0.717, 1.165) is 0 Å². The Balaban J connectivity index is 2.07. The highest BCUT2D eigenvalue weighted by Gasteiger charge is 2.11. The van der Waals surface area contributed by atoms with E-state index >= 15 is 0 Å². The molecular formula is C18H19NO4S. The lowest BCUT2D eigenvalue weighted by atomic mass is 10.2. The van der Waals surface area contributed by atoms with Gasteiger partial charge in [-0.25, -0.2) is 13.2 Å². The van der Waals surface area contributed by atoms with Crippen molar-refractivity contribution in [2.45, 2.75) is 12.7 Å². The SMILES string of the molecule is CCOC(=O)C=Cc1cccc(NS(=O)(=O)Cc2ccccc2)c1. The fourth-order valence-corrected chi connectivity index (χ4v) is 3.26. The highest BCUT2D eigenvalue weighted by atomic mass is 32.2. The average molecular weight is 345 g/mol. The number of rotatable bonds is 7. The van der Waals surface area contributed by atoms with Crippen molar-refractivity contribution in [1.82, 2.24) is 0 Å². The van der Waals surface area contributed by atoms with Crippen LogP contribution in [-0.2, 0) is 25.3 Å². The third-order valence-corrected chi connectivity index (χ3v) is 4.32. The summed E-state index contributed by atoms with van der Waals surface area (Å²) < 4.78 is 31.8. The van der Waals surface area contributed by atoms with Gasteiger partial charge < -0.3 is 4.74 Å². The Morgan fingerprint density at radius 2 is 1.88 bits per heavy atom. The number of carbonyl (C=O) groups is 1. The molecule has 0 aliphatic heterocycles. The van der Waals surface area contributed by atoms with Crippen LogP contribution in [0.4, 0.5) is 5.69 Å². The molecule has 0 aliphatic carbocycles. The van der Waals surface area contributed by atoms with Crippen LogP contribution in [0.25, 0.3) is 6.08 Å². The van der Waals surface area contributed by atoms with Crippen molar-refractivity contribution in [3.05, 3.63) is 71.8 Å². The van der Waals surface area contributed by atoms with Gasteiger partial charge in [0.15, 0.2) is 0 Å². The third kappa shape index (κ3) is 5.89. The topological polar surface area (TPSA) is 72.5 Å². The van der Waals surface area contributed by atoms with Gasteiger partial charge in [-0.1, -0.05) is 42.5 Å². The molecule has 0 heterocycles. The summed E-state index contributed by atoms with van der Waals surface area (Å²) in [7, 11) is -3.51. The van der Waals surface area contributed by atoms with E-state index in [9.17, 15) is 13.2 Å². The minimum atomic E-state index is -3.51. The predicted octanol–water partition coefficient (Wildman–Crippen LogP) is 3.20. The molecular weight excluding hydrogens is 326 g/mol. The number of hydrogen-bond acceptors (Lipinski definition) is 4. The monoisotopic (exact) mass is 345 g/mol. The van der Waals surface area contributed by atoms with Gasteiger partial charge in [0.25, 0.3) is 0 Å². The van der Waals surface area contributed by atoms with Gasteiger partial charge in [0.1, 0.15) is 0 Å². The van der Waals surface area contributed by atoms with E-state index in [0.29, 0.717) is 23.4 Å². The zero-order valence-electron chi connectivity index (χ0n) is 13.3. The zero-order chi connectivity index (χ0) is 17.4. The molecule has 0 fully saturated rings. The number of ether oxygens (including phenoxy) is 1. The van der Waals surface area contributed by atoms with E-state index in [2.05, 4.69) is 4.72 Å². The van der Waals surface area contributed by atoms with E-state index in [1.54, 1.807) is 61.5 Å². The maximum Gasteiger partial charge on any atom is 0.330 e. The first-order chi connectivity index (χ1) is 11.5. The molecule has 0 saturated heterocycles. The first-order valence-corrected chi connectivity index (χ1v) is 9.13. The van der Waals surface area contributed by atoms with Gasteiger partial charge in [0, 0.05) is 11.8 Å². The van der Waals surface area contributed by atoms with E-state index in [4.69, 9.17) is 4.74 Å². The number of hydrogen-bond donors (Lipinski definition) is 1. The maximum absolute atomic E-state index is 12.2. The summed E-state index contributed by atoms with van der Waals surface area (Å²) in [4.78, 5) is 11.3. The van der Waals surface area contributed by atoms with Crippen LogP contribution in [0, 0.1) is 0 Å². The van der Waals surface area contributed by atoms with Crippen LogP contribution >= 0.6 is 0 Å². The normalized spacial score (nSPS) is 11.4. The van der Waals surface area contributed by atoms with Crippen molar-refractivity contribution >= 4 is 27.8 Å². The quantitative estimate of drug-likeness (QED) is 0.618. The Morgan fingerprint density at radius 1 is 1.12 bits per heavy atom. The summed E-state index contributed by atoms with van der Waals surface area (Å²) in [5, 5.41) is 0. The van der Waals surface area contributed by atoms with Gasteiger partial charge in [-0.05, 0) is 36.3 Å². The summed E-state index contributed by atoms with van der Waals surface area (Å²) in [6, 6.07) is 15.7. The molecule has 1 N–H and O–H groups in total. The van der Waals surface area contributed by atoms with Crippen LogP contribution < -0.4 is 4.72 Å². The standard InChI is InChI=1S/C18H19NO4S/c1-2-23-18(20)12-11-15-9-6-10-17(13-15)19-24(21,22)14-16-7-4-3-5-8-16/h3-13,19H,2,14H2,1H3. The van der Waals surface area contributed by atoms with E-state index in [-0.39, 0.29) is 5.75 Å². The lowest BCUT2D eigenvalue weighted by Gasteiger charge is -2.08. The smallest absolute Gasteiger partial charge is 0.330 e. The van der Waals surface area contributed by atoms with Crippen LogP contribution in [0.15, 0.2) is 60.7 Å². The Labute approximate surface area is 142 Å². The molecule has 0 aliphatic rings. The van der Waals surface area contributed by atoms with Crippen molar-refractivity contribution in [1.29, 1.82) is 0 Å². The lowest BCUT2D eigenvalue weighted by molar-refractivity contribution is -0.137. The number of esters is 1. The van der Waals surface area contributed by atoms with Crippen LogP contribution in [0.1, 0.15) is 18.1 Å². The number of anilines is 1. The number of benzene rings is 2. The minimum absolute atomic E-state index is 0.100. The lowest BCUT2D eigenvalue weighted by Crippen LogP contribution is -2.15. The molecule has 0 bridgehead atoms. The van der Waals surface area contributed by atoms with E-state index in [1.165, 1.54) is 6.08 Å². The molecule has 0 saturated carbocycles. The Morgan fingerprint density at radius 3 is 2.58 bits per heavy atom. The first kappa shape index (κ1) is 17.7. The van der Waals surface area contributed by atoms with Gasteiger partial charge in [0.2, 0.25) is 10.0 Å². The fraction of sp³-hybridized carbons (Fsp3) is 0.167. The first-order valence-electron chi connectivity index (χ1n) is 7.48. The van der Waals surface area contributed by atoms with Crippen LogP contribution in [0.5, 0.6) is 0 Å². The molecule has 6 heteroatoms. The van der Waals surface area contributed by atoms with Crippen molar-refractivity contribution in [3.8, 4) is 0 Å². The molecule has 0 amide bonds. The molecule has 0 unspecified atom stereocenters. The Hall–Kier alpha value is -2.60. The highest BCUT2D eigenvalue weighted by Crippen LogP contribution is 2.15. The van der Waals surface area contributed by atoms with Crippen LogP contribution in [0.3, 0.4) is 0 Å². The molecule has 2 rings (SSSR count). The Kier molecular flexibility index (Phi) is 6.14. The molecule has 0 spiro atoms. The third-order valence-electron chi connectivity index (χ3n) is 3.06. The summed E-state index contributed by atoms with van der Waals surface area (Å²) in [6.45, 7) is 2.04. The second-order valence-corrected chi connectivity index (χ2v) is 6.78. The van der Waals surface area contributed by atoms with Gasteiger partial charge >= 0.3 is 5.97 Å². The molecule has 0 aromatic heterocycles.